The quantitative estimate of drug-likeness (QED) is 0.452. The van der Waals surface area contributed by atoms with Gasteiger partial charge in [-0.25, -0.2) is 0 Å². The first-order valence-electron chi connectivity index (χ1n) is 5.85. The van der Waals surface area contributed by atoms with Gasteiger partial charge in [-0.3, -0.25) is 0 Å². The number of allylic oxidation sites excluding steroid dienone is 1. The third-order valence-electron chi connectivity index (χ3n) is 2.04. The zero-order valence-electron chi connectivity index (χ0n) is 10.3. The van der Waals surface area contributed by atoms with Crippen molar-refractivity contribution in [2.45, 2.75) is 12.8 Å². The molecule has 18 heavy (non-hydrogen) atoms. The van der Waals surface area contributed by atoms with E-state index >= 15 is 0 Å². The molecule has 1 aromatic heterocycles. The minimum Gasteiger partial charge on any atom is -0.395 e. The average Bonchev–Trinajstić information content (AvgIpc) is 2.40. The molecule has 0 atom stereocenters. The van der Waals surface area contributed by atoms with Crippen molar-refractivity contribution in [3.63, 3.8) is 0 Å². The zero-order chi connectivity index (χ0) is 13.2. The van der Waals surface area contributed by atoms with Gasteiger partial charge in [0.1, 0.15) is 5.82 Å². The number of aromatic nitrogens is 3. The Morgan fingerprint density at radius 1 is 1.00 bits per heavy atom. The highest BCUT2D eigenvalue weighted by atomic mass is 16.3. The van der Waals surface area contributed by atoms with Gasteiger partial charge in [0, 0.05) is 19.5 Å². The number of rotatable bonds is 9. The molecular weight excluding hydrogens is 234 g/mol. The fraction of sp³-hybridized carbons (Fsp3) is 0.545. The third-order valence-corrected chi connectivity index (χ3v) is 2.04. The number of aryl methyl sites for hydroxylation is 1. The van der Waals surface area contributed by atoms with E-state index in [0.717, 1.165) is 6.42 Å². The molecular formula is C11H19N5O2. The second kappa shape index (κ2) is 8.37. The van der Waals surface area contributed by atoms with Crippen molar-refractivity contribution in [1.29, 1.82) is 0 Å². The topological polar surface area (TPSA) is 103 Å². The van der Waals surface area contributed by atoms with E-state index in [9.17, 15) is 0 Å². The summed E-state index contributed by atoms with van der Waals surface area (Å²) in [5.74, 6) is 1.47. The predicted octanol–water partition coefficient (Wildman–Crippen LogP) is -0.201. The summed E-state index contributed by atoms with van der Waals surface area (Å²) >= 11 is 0. The summed E-state index contributed by atoms with van der Waals surface area (Å²) in [7, 11) is 0. The van der Waals surface area contributed by atoms with Crippen LogP contribution in [0.15, 0.2) is 12.7 Å². The van der Waals surface area contributed by atoms with Crippen LogP contribution in [0.2, 0.25) is 0 Å². The molecule has 0 spiro atoms. The number of anilines is 2. The van der Waals surface area contributed by atoms with E-state index < -0.39 is 0 Å². The summed E-state index contributed by atoms with van der Waals surface area (Å²) in [6.07, 6.45) is 3.25. The first kappa shape index (κ1) is 14.3. The molecule has 0 aliphatic rings. The van der Waals surface area contributed by atoms with E-state index in [4.69, 9.17) is 10.2 Å². The van der Waals surface area contributed by atoms with Gasteiger partial charge in [-0.2, -0.15) is 15.0 Å². The number of hydrogen-bond acceptors (Lipinski definition) is 7. The Balaban J connectivity index is 2.77. The van der Waals surface area contributed by atoms with Crippen molar-refractivity contribution in [2.75, 3.05) is 36.9 Å². The van der Waals surface area contributed by atoms with Crippen molar-refractivity contribution in [3.05, 3.63) is 18.5 Å². The molecule has 1 aromatic rings. The second-order valence-corrected chi connectivity index (χ2v) is 3.53. The fourth-order valence-electron chi connectivity index (χ4n) is 1.26. The second-order valence-electron chi connectivity index (χ2n) is 3.53. The summed E-state index contributed by atoms with van der Waals surface area (Å²) in [6.45, 7) is 4.42. The maximum Gasteiger partial charge on any atom is 0.227 e. The molecule has 0 aromatic carbocycles. The molecule has 0 radical (unpaired) electrons. The number of nitrogens with zero attached hydrogens (tertiary/aromatic N) is 3. The minimum absolute atomic E-state index is 0.00702. The minimum atomic E-state index is 0.00702. The highest BCUT2D eigenvalue weighted by molar-refractivity contribution is 5.34. The number of aliphatic hydroxyl groups excluding tert-OH is 2. The van der Waals surface area contributed by atoms with E-state index in [1.54, 1.807) is 6.08 Å². The molecule has 0 fully saturated rings. The highest BCUT2D eigenvalue weighted by Crippen LogP contribution is 2.07. The largest absolute Gasteiger partial charge is 0.395 e. The summed E-state index contributed by atoms with van der Waals surface area (Å²) in [5.41, 5.74) is 0. The predicted molar refractivity (Wildman–Crippen MR) is 69.5 cm³/mol. The van der Waals surface area contributed by atoms with Crippen molar-refractivity contribution in [2.24, 2.45) is 0 Å². The standard InChI is InChI=1S/C11H19N5O2/c1-2-3-4-9-14-10(12-5-7-17)16-11(15-9)13-6-8-18/h2,17-18H,1,3-8H2,(H2,12,13,14,15,16). The van der Waals surface area contributed by atoms with E-state index in [0.29, 0.717) is 37.2 Å². The van der Waals surface area contributed by atoms with Gasteiger partial charge in [0.05, 0.1) is 13.2 Å². The maximum absolute atomic E-state index is 8.75. The van der Waals surface area contributed by atoms with Crippen LogP contribution in [0.1, 0.15) is 12.2 Å². The SMILES string of the molecule is C=CCCc1nc(NCCO)nc(NCCO)n1. The Bertz CT molecular complexity index is 346. The Morgan fingerprint density at radius 3 is 2.00 bits per heavy atom. The van der Waals surface area contributed by atoms with Crippen molar-refractivity contribution in [1.82, 2.24) is 15.0 Å². The summed E-state index contributed by atoms with van der Waals surface area (Å²) in [5, 5.41) is 23.3. The van der Waals surface area contributed by atoms with Crippen LogP contribution in [0, 0.1) is 0 Å². The van der Waals surface area contributed by atoms with Gasteiger partial charge in [-0.15, -0.1) is 6.58 Å². The Morgan fingerprint density at radius 2 is 1.56 bits per heavy atom. The lowest BCUT2D eigenvalue weighted by atomic mass is 10.3. The summed E-state index contributed by atoms with van der Waals surface area (Å²) in [4.78, 5) is 12.6. The molecule has 0 saturated carbocycles. The van der Waals surface area contributed by atoms with Gasteiger partial charge in [-0.05, 0) is 6.42 Å². The van der Waals surface area contributed by atoms with E-state index in [1.807, 2.05) is 0 Å². The van der Waals surface area contributed by atoms with Crippen LogP contribution in [0.25, 0.3) is 0 Å². The Kier molecular flexibility index (Phi) is 6.67. The Hall–Kier alpha value is -1.73. The first-order chi connectivity index (χ1) is 8.80. The van der Waals surface area contributed by atoms with Crippen molar-refractivity contribution >= 4 is 11.9 Å². The van der Waals surface area contributed by atoms with Crippen LogP contribution in [0.4, 0.5) is 11.9 Å². The van der Waals surface area contributed by atoms with Crippen LogP contribution >= 0.6 is 0 Å². The van der Waals surface area contributed by atoms with Gasteiger partial charge < -0.3 is 20.8 Å². The molecule has 0 aliphatic heterocycles. The lowest BCUT2D eigenvalue weighted by Gasteiger charge is -2.08. The molecule has 4 N–H and O–H groups in total. The molecule has 100 valence electrons. The summed E-state index contributed by atoms with van der Waals surface area (Å²) < 4.78 is 0. The van der Waals surface area contributed by atoms with E-state index in [-0.39, 0.29) is 13.2 Å². The van der Waals surface area contributed by atoms with Gasteiger partial charge in [0.15, 0.2) is 0 Å². The van der Waals surface area contributed by atoms with Gasteiger partial charge >= 0.3 is 0 Å². The van der Waals surface area contributed by atoms with E-state index in [1.165, 1.54) is 0 Å². The lowest BCUT2D eigenvalue weighted by Crippen LogP contribution is -2.15. The maximum atomic E-state index is 8.75. The van der Waals surface area contributed by atoms with Crippen LogP contribution in [-0.2, 0) is 6.42 Å². The number of nitrogens with one attached hydrogen (secondary N) is 2. The molecule has 7 nitrogen and oxygen atoms in total. The third kappa shape index (κ3) is 5.07. The van der Waals surface area contributed by atoms with E-state index in [2.05, 4.69) is 32.2 Å². The smallest absolute Gasteiger partial charge is 0.227 e. The van der Waals surface area contributed by atoms with Gasteiger partial charge in [-0.1, -0.05) is 6.08 Å². The van der Waals surface area contributed by atoms with Crippen LogP contribution in [0.5, 0.6) is 0 Å². The van der Waals surface area contributed by atoms with Gasteiger partial charge in [0.2, 0.25) is 11.9 Å². The zero-order valence-corrected chi connectivity index (χ0v) is 10.3. The molecule has 0 unspecified atom stereocenters. The molecule has 7 heteroatoms. The molecule has 1 heterocycles. The van der Waals surface area contributed by atoms with Gasteiger partial charge in [0.25, 0.3) is 0 Å². The van der Waals surface area contributed by atoms with Crippen LogP contribution in [-0.4, -0.2) is 51.5 Å². The van der Waals surface area contributed by atoms with Crippen LogP contribution < -0.4 is 10.6 Å². The van der Waals surface area contributed by atoms with Crippen molar-refractivity contribution < 1.29 is 10.2 Å². The Labute approximate surface area is 106 Å². The fourth-order valence-corrected chi connectivity index (χ4v) is 1.26. The summed E-state index contributed by atoms with van der Waals surface area (Å²) in [6, 6.07) is 0. The van der Waals surface area contributed by atoms with Crippen molar-refractivity contribution in [3.8, 4) is 0 Å². The van der Waals surface area contributed by atoms with Crippen LogP contribution in [0.3, 0.4) is 0 Å². The highest BCUT2D eigenvalue weighted by Gasteiger charge is 2.05. The number of hydrogen-bond donors (Lipinski definition) is 4. The average molecular weight is 253 g/mol. The molecule has 1 rings (SSSR count). The number of aliphatic hydroxyl groups is 2. The lowest BCUT2D eigenvalue weighted by molar-refractivity contribution is 0.310. The molecule has 0 saturated heterocycles. The normalized spacial score (nSPS) is 10.1. The molecule has 0 bridgehead atoms. The molecule has 0 aliphatic carbocycles. The monoisotopic (exact) mass is 253 g/mol. The first-order valence-corrected chi connectivity index (χ1v) is 5.85. The molecule has 0 amide bonds.